The number of aryl methyl sites for hydroxylation is 1. The van der Waals surface area contributed by atoms with Crippen molar-refractivity contribution >= 4 is 21.6 Å². The second kappa shape index (κ2) is 5.27. The first-order chi connectivity index (χ1) is 8.60. The minimum atomic E-state index is 0.347. The van der Waals surface area contributed by atoms with Gasteiger partial charge in [-0.25, -0.2) is 0 Å². The van der Waals surface area contributed by atoms with E-state index < -0.39 is 0 Å². The van der Waals surface area contributed by atoms with E-state index in [-0.39, 0.29) is 0 Å². The first-order valence-electron chi connectivity index (χ1n) is 5.34. The molecule has 1 aromatic heterocycles. The molecule has 1 aromatic carbocycles. The molecule has 5 heteroatoms. The number of anilines is 1. The highest BCUT2D eigenvalue weighted by Crippen LogP contribution is 2.30. The Hall–Kier alpha value is -1.75. The van der Waals surface area contributed by atoms with E-state index in [4.69, 9.17) is 15.2 Å². The second-order valence-electron chi connectivity index (χ2n) is 3.76. The lowest BCUT2D eigenvalue weighted by Crippen LogP contribution is -1.98. The summed E-state index contributed by atoms with van der Waals surface area (Å²) in [5, 5.41) is 0. The molecule has 0 bridgehead atoms. The fourth-order valence-corrected chi connectivity index (χ4v) is 1.94. The zero-order valence-electron chi connectivity index (χ0n) is 10.1. The number of nitrogen functional groups attached to an aromatic ring is 1. The van der Waals surface area contributed by atoms with Gasteiger partial charge in [-0.15, -0.1) is 0 Å². The second-order valence-corrected chi connectivity index (χ2v) is 4.68. The molecule has 2 aromatic rings. The number of halogens is 1. The summed E-state index contributed by atoms with van der Waals surface area (Å²) in [6.45, 7) is 1.95. The van der Waals surface area contributed by atoms with Gasteiger partial charge in [0.15, 0.2) is 0 Å². The highest BCUT2D eigenvalue weighted by atomic mass is 79.9. The molecule has 0 atom stereocenters. The summed E-state index contributed by atoms with van der Waals surface area (Å²) in [4.78, 5) is 4.17. The number of nitrogens with two attached hydrogens (primary N) is 1. The van der Waals surface area contributed by atoms with Crippen LogP contribution in [0, 0.1) is 6.92 Å². The first-order valence-corrected chi connectivity index (χ1v) is 6.14. The maximum absolute atomic E-state index is 5.82. The van der Waals surface area contributed by atoms with Gasteiger partial charge in [-0.1, -0.05) is 15.9 Å². The SMILES string of the molecule is COc1ccc(N)c(Oc2ccc(Br)cc2C)n1. The third kappa shape index (κ3) is 2.73. The number of hydrogen-bond acceptors (Lipinski definition) is 4. The van der Waals surface area contributed by atoms with E-state index in [1.54, 1.807) is 19.2 Å². The van der Waals surface area contributed by atoms with E-state index in [1.165, 1.54) is 0 Å². The molecule has 1 heterocycles. The molecule has 0 saturated carbocycles. The van der Waals surface area contributed by atoms with Gasteiger partial charge < -0.3 is 15.2 Å². The van der Waals surface area contributed by atoms with Gasteiger partial charge in [0.05, 0.1) is 12.8 Å². The average molecular weight is 309 g/mol. The van der Waals surface area contributed by atoms with E-state index in [9.17, 15) is 0 Å². The third-order valence-corrected chi connectivity index (χ3v) is 2.91. The molecule has 0 amide bonds. The summed E-state index contributed by atoms with van der Waals surface area (Å²) in [6, 6.07) is 9.12. The number of ether oxygens (including phenoxy) is 2. The van der Waals surface area contributed by atoms with E-state index >= 15 is 0 Å². The maximum atomic E-state index is 5.82. The number of benzene rings is 1. The van der Waals surface area contributed by atoms with Crippen LogP contribution in [-0.2, 0) is 0 Å². The predicted octanol–water partition coefficient (Wildman–Crippen LogP) is 3.54. The highest BCUT2D eigenvalue weighted by molar-refractivity contribution is 9.10. The van der Waals surface area contributed by atoms with E-state index in [1.807, 2.05) is 25.1 Å². The Balaban J connectivity index is 2.33. The molecular formula is C13H13BrN2O2. The van der Waals surface area contributed by atoms with Crippen LogP contribution in [0.3, 0.4) is 0 Å². The Morgan fingerprint density at radius 2 is 2.00 bits per heavy atom. The Kier molecular flexibility index (Phi) is 3.72. The van der Waals surface area contributed by atoms with Crippen LogP contribution in [-0.4, -0.2) is 12.1 Å². The fraction of sp³-hybridized carbons (Fsp3) is 0.154. The number of pyridine rings is 1. The molecule has 2 N–H and O–H groups in total. The zero-order chi connectivity index (χ0) is 13.1. The Morgan fingerprint density at radius 3 is 2.67 bits per heavy atom. The first kappa shape index (κ1) is 12.7. The van der Waals surface area contributed by atoms with Crippen LogP contribution in [0.15, 0.2) is 34.8 Å². The normalized spacial score (nSPS) is 10.2. The number of rotatable bonds is 3. The van der Waals surface area contributed by atoms with Crippen LogP contribution in [0.5, 0.6) is 17.5 Å². The molecular weight excluding hydrogens is 296 g/mol. The van der Waals surface area contributed by atoms with Gasteiger partial charge in [0, 0.05) is 10.5 Å². The van der Waals surface area contributed by atoms with Crippen LogP contribution < -0.4 is 15.2 Å². The van der Waals surface area contributed by atoms with Crippen molar-refractivity contribution in [3.05, 3.63) is 40.4 Å². The lowest BCUT2D eigenvalue weighted by molar-refractivity contribution is 0.383. The highest BCUT2D eigenvalue weighted by Gasteiger charge is 2.08. The van der Waals surface area contributed by atoms with Crippen molar-refractivity contribution in [1.29, 1.82) is 0 Å². The minimum Gasteiger partial charge on any atom is -0.481 e. The van der Waals surface area contributed by atoms with Crippen LogP contribution in [0.2, 0.25) is 0 Å². The van der Waals surface area contributed by atoms with E-state index in [0.717, 1.165) is 10.0 Å². The lowest BCUT2D eigenvalue weighted by atomic mass is 10.2. The maximum Gasteiger partial charge on any atom is 0.246 e. The van der Waals surface area contributed by atoms with Gasteiger partial charge in [0.25, 0.3) is 0 Å². The number of nitrogens with zero attached hydrogens (tertiary/aromatic N) is 1. The molecule has 0 unspecified atom stereocenters. The van der Waals surface area contributed by atoms with Gasteiger partial charge >= 0.3 is 0 Å². The molecule has 4 nitrogen and oxygen atoms in total. The lowest BCUT2D eigenvalue weighted by Gasteiger charge is -2.10. The van der Waals surface area contributed by atoms with Crippen LogP contribution >= 0.6 is 15.9 Å². The van der Waals surface area contributed by atoms with Crippen LogP contribution in [0.1, 0.15) is 5.56 Å². The molecule has 94 valence electrons. The van der Waals surface area contributed by atoms with Gasteiger partial charge in [0.1, 0.15) is 5.75 Å². The molecule has 0 saturated heterocycles. The van der Waals surface area contributed by atoms with Gasteiger partial charge in [-0.3, -0.25) is 0 Å². The summed E-state index contributed by atoms with van der Waals surface area (Å²) in [5.74, 6) is 1.53. The van der Waals surface area contributed by atoms with Crippen molar-refractivity contribution in [3.8, 4) is 17.5 Å². The van der Waals surface area contributed by atoms with Crippen molar-refractivity contribution in [3.63, 3.8) is 0 Å². The zero-order valence-corrected chi connectivity index (χ0v) is 11.7. The standard InChI is InChI=1S/C13H13BrN2O2/c1-8-7-9(14)3-5-11(8)18-13-10(15)4-6-12(16-13)17-2/h3-7H,15H2,1-2H3. The molecule has 0 aliphatic rings. The minimum absolute atomic E-state index is 0.347. The quantitative estimate of drug-likeness (QED) is 0.942. The smallest absolute Gasteiger partial charge is 0.246 e. The van der Waals surface area contributed by atoms with Gasteiger partial charge in [-0.05, 0) is 36.8 Å². The summed E-state index contributed by atoms with van der Waals surface area (Å²) in [5.41, 5.74) is 7.28. The summed E-state index contributed by atoms with van der Waals surface area (Å²) in [6.07, 6.45) is 0. The van der Waals surface area contributed by atoms with E-state index in [0.29, 0.717) is 23.2 Å². The Morgan fingerprint density at radius 1 is 1.22 bits per heavy atom. The predicted molar refractivity (Wildman–Crippen MR) is 74.2 cm³/mol. The van der Waals surface area contributed by atoms with E-state index in [2.05, 4.69) is 20.9 Å². The molecule has 0 radical (unpaired) electrons. The average Bonchev–Trinajstić information content (AvgIpc) is 2.35. The number of hydrogen-bond donors (Lipinski definition) is 1. The van der Waals surface area contributed by atoms with Crippen molar-refractivity contribution in [2.24, 2.45) is 0 Å². The largest absolute Gasteiger partial charge is 0.481 e. The van der Waals surface area contributed by atoms with Crippen molar-refractivity contribution in [1.82, 2.24) is 4.98 Å². The van der Waals surface area contributed by atoms with Crippen molar-refractivity contribution in [2.45, 2.75) is 6.92 Å². The van der Waals surface area contributed by atoms with Crippen LogP contribution in [0.25, 0.3) is 0 Å². The Bertz CT molecular complexity index is 573. The topological polar surface area (TPSA) is 57.4 Å². The van der Waals surface area contributed by atoms with Gasteiger partial charge in [0.2, 0.25) is 11.8 Å². The monoisotopic (exact) mass is 308 g/mol. The molecule has 0 fully saturated rings. The number of aromatic nitrogens is 1. The molecule has 0 spiro atoms. The third-order valence-electron chi connectivity index (χ3n) is 2.42. The molecule has 18 heavy (non-hydrogen) atoms. The van der Waals surface area contributed by atoms with Crippen molar-refractivity contribution < 1.29 is 9.47 Å². The van der Waals surface area contributed by atoms with Crippen molar-refractivity contribution in [2.75, 3.05) is 12.8 Å². The van der Waals surface area contributed by atoms with Gasteiger partial charge in [-0.2, -0.15) is 4.98 Å². The van der Waals surface area contributed by atoms with Crippen LogP contribution in [0.4, 0.5) is 5.69 Å². The number of methoxy groups -OCH3 is 1. The Labute approximate surface area is 114 Å². The fourth-order valence-electron chi connectivity index (χ4n) is 1.46. The molecule has 0 aliphatic carbocycles. The summed E-state index contributed by atoms with van der Waals surface area (Å²) < 4.78 is 11.7. The summed E-state index contributed by atoms with van der Waals surface area (Å²) >= 11 is 3.40. The summed E-state index contributed by atoms with van der Waals surface area (Å²) in [7, 11) is 1.55. The molecule has 0 aliphatic heterocycles. The molecule has 2 rings (SSSR count).